The van der Waals surface area contributed by atoms with Crippen LogP contribution >= 0.6 is 0 Å². The van der Waals surface area contributed by atoms with Gasteiger partial charge in [-0.25, -0.2) is 0 Å². The summed E-state index contributed by atoms with van der Waals surface area (Å²) in [5.41, 5.74) is 3.61. The van der Waals surface area contributed by atoms with E-state index in [1.165, 1.54) is 11.1 Å². The lowest BCUT2D eigenvalue weighted by Gasteiger charge is -2.14. The second-order valence-electron chi connectivity index (χ2n) is 5.24. The molecule has 0 bridgehead atoms. The Kier molecular flexibility index (Phi) is 5.50. The van der Waals surface area contributed by atoms with E-state index in [2.05, 4.69) is 41.5 Å². The maximum Gasteiger partial charge on any atom is 0.220 e. The summed E-state index contributed by atoms with van der Waals surface area (Å²) in [6.07, 6.45) is 5.82. The maximum absolute atomic E-state index is 12.0. The number of carbonyl (C=O) groups excluding carboxylic acids is 1. The van der Waals surface area contributed by atoms with E-state index in [0.717, 1.165) is 18.4 Å². The number of hydrogen-bond acceptors (Lipinski definition) is 2. The van der Waals surface area contributed by atoms with Gasteiger partial charge in [0.1, 0.15) is 0 Å². The van der Waals surface area contributed by atoms with Crippen molar-refractivity contribution in [3.8, 4) is 0 Å². The average Bonchev–Trinajstić information content (AvgIpc) is 2.54. The van der Waals surface area contributed by atoms with Crippen molar-refractivity contribution in [1.29, 1.82) is 0 Å². The van der Waals surface area contributed by atoms with Gasteiger partial charge in [-0.15, -0.1) is 0 Å². The van der Waals surface area contributed by atoms with Gasteiger partial charge in [-0.1, -0.05) is 31.2 Å². The highest BCUT2D eigenvalue weighted by atomic mass is 16.1. The Balaban J connectivity index is 1.81. The van der Waals surface area contributed by atoms with E-state index >= 15 is 0 Å². The van der Waals surface area contributed by atoms with Gasteiger partial charge in [-0.05, 0) is 48.6 Å². The Morgan fingerprint density at radius 1 is 1.10 bits per heavy atom. The molecule has 21 heavy (non-hydrogen) atoms. The van der Waals surface area contributed by atoms with Gasteiger partial charge in [0, 0.05) is 18.8 Å². The number of amides is 1. The van der Waals surface area contributed by atoms with E-state index < -0.39 is 0 Å². The molecule has 3 nitrogen and oxygen atoms in total. The molecule has 0 spiro atoms. The average molecular weight is 282 g/mol. The van der Waals surface area contributed by atoms with E-state index in [0.29, 0.717) is 6.42 Å². The van der Waals surface area contributed by atoms with Crippen LogP contribution in [0.5, 0.6) is 0 Å². The van der Waals surface area contributed by atoms with Crippen LogP contribution in [0.1, 0.15) is 43.0 Å². The highest BCUT2D eigenvalue weighted by Crippen LogP contribution is 2.11. The van der Waals surface area contributed by atoms with Crippen LogP contribution in [0.25, 0.3) is 0 Å². The summed E-state index contributed by atoms with van der Waals surface area (Å²) in [4.78, 5) is 16.0. The number of nitrogens with zero attached hydrogens (tertiary/aromatic N) is 1. The lowest BCUT2D eigenvalue weighted by molar-refractivity contribution is -0.121. The van der Waals surface area contributed by atoms with Crippen LogP contribution in [0.3, 0.4) is 0 Å². The lowest BCUT2D eigenvalue weighted by atomic mass is 10.1. The molecule has 0 radical (unpaired) electrons. The van der Waals surface area contributed by atoms with Crippen molar-refractivity contribution < 1.29 is 4.79 Å². The van der Waals surface area contributed by atoms with Gasteiger partial charge < -0.3 is 5.32 Å². The van der Waals surface area contributed by atoms with E-state index in [1.807, 2.05) is 19.1 Å². The minimum Gasteiger partial charge on any atom is -0.350 e. The minimum absolute atomic E-state index is 0.0166. The van der Waals surface area contributed by atoms with Crippen LogP contribution in [0.15, 0.2) is 48.8 Å². The number of carbonyl (C=O) groups is 1. The van der Waals surface area contributed by atoms with Gasteiger partial charge in [-0.3, -0.25) is 9.78 Å². The fourth-order valence-electron chi connectivity index (χ4n) is 2.25. The second-order valence-corrected chi connectivity index (χ2v) is 5.24. The fourth-order valence-corrected chi connectivity index (χ4v) is 2.25. The summed E-state index contributed by atoms with van der Waals surface area (Å²) in [6, 6.07) is 12.3. The second kappa shape index (κ2) is 7.58. The van der Waals surface area contributed by atoms with E-state index in [4.69, 9.17) is 0 Å². The summed E-state index contributed by atoms with van der Waals surface area (Å²) < 4.78 is 0. The van der Waals surface area contributed by atoms with Crippen LogP contribution in [0.4, 0.5) is 0 Å². The molecule has 1 aromatic carbocycles. The largest absolute Gasteiger partial charge is 0.350 e. The quantitative estimate of drug-likeness (QED) is 0.881. The van der Waals surface area contributed by atoms with E-state index in [1.54, 1.807) is 12.4 Å². The van der Waals surface area contributed by atoms with Crippen LogP contribution in [-0.2, 0) is 17.6 Å². The van der Waals surface area contributed by atoms with Gasteiger partial charge in [0.2, 0.25) is 5.91 Å². The van der Waals surface area contributed by atoms with Crippen molar-refractivity contribution in [2.45, 2.75) is 39.2 Å². The zero-order chi connectivity index (χ0) is 15.1. The molecule has 0 aliphatic rings. The highest BCUT2D eigenvalue weighted by molar-refractivity contribution is 5.76. The summed E-state index contributed by atoms with van der Waals surface area (Å²) in [5.74, 6) is 0.0823. The number of pyridine rings is 1. The fraction of sp³-hybridized carbons (Fsp3) is 0.333. The Labute approximate surface area is 126 Å². The lowest BCUT2D eigenvalue weighted by Crippen LogP contribution is -2.26. The van der Waals surface area contributed by atoms with Gasteiger partial charge in [-0.2, -0.15) is 0 Å². The Hall–Kier alpha value is -2.16. The van der Waals surface area contributed by atoms with Crippen molar-refractivity contribution in [2.75, 3.05) is 0 Å². The maximum atomic E-state index is 12.0. The molecule has 2 aromatic rings. The van der Waals surface area contributed by atoms with Crippen molar-refractivity contribution in [3.05, 3.63) is 65.5 Å². The number of aromatic nitrogens is 1. The molecule has 3 heteroatoms. The van der Waals surface area contributed by atoms with Crippen molar-refractivity contribution in [1.82, 2.24) is 10.3 Å². The third-order valence-corrected chi connectivity index (χ3v) is 3.66. The Bertz CT molecular complexity index is 564. The first-order chi connectivity index (χ1) is 10.2. The summed E-state index contributed by atoms with van der Waals surface area (Å²) in [7, 11) is 0. The SMILES string of the molecule is CCc1ccc(CCC(=O)NC(C)c2ccncc2)cc1. The summed E-state index contributed by atoms with van der Waals surface area (Å²) >= 11 is 0. The molecule has 0 aliphatic carbocycles. The normalized spacial score (nSPS) is 11.9. The van der Waals surface area contributed by atoms with Crippen LogP contribution in [-0.4, -0.2) is 10.9 Å². The summed E-state index contributed by atoms with van der Waals surface area (Å²) in [5, 5.41) is 3.02. The summed E-state index contributed by atoms with van der Waals surface area (Å²) in [6.45, 7) is 4.13. The number of hydrogen-bond donors (Lipinski definition) is 1. The molecule has 0 saturated heterocycles. The van der Waals surface area contributed by atoms with Crippen molar-refractivity contribution in [2.24, 2.45) is 0 Å². The topological polar surface area (TPSA) is 42.0 Å². The molecule has 2 rings (SSSR count). The number of nitrogens with one attached hydrogen (secondary N) is 1. The molecular weight excluding hydrogens is 260 g/mol. The monoisotopic (exact) mass is 282 g/mol. The molecule has 1 N–H and O–H groups in total. The molecule has 1 unspecified atom stereocenters. The molecule has 1 heterocycles. The van der Waals surface area contributed by atoms with Crippen LogP contribution in [0.2, 0.25) is 0 Å². The Morgan fingerprint density at radius 3 is 2.33 bits per heavy atom. The predicted molar refractivity (Wildman–Crippen MR) is 84.9 cm³/mol. The molecule has 1 amide bonds. The number of rotatable bonds is 6. The predicted octanol–water partition coefficient (Wildman–Crippen LogP) is 3.45. The van der Waals surface area contributed by atoms with Crippen LogP contribution < -0.4 is 5.32 Å². The van der Waals surface area contributed by atoms with Crippen LogP contribution in [0, 0.1) is 0 Å². The first-order valence-electron chi connectivity index (χ1n) is 7.46. The standard InChI is InChI=1S/C18H22N2O/c1-3-15-4-6-16(7-5-15)8-9-18(21)20-14(2)17-10-12-19-13-11-17/h4-7,10-14H,3,8-9H2,1-2H3,(H,20,21). The number of aryl methyl sites for hydroxylation is 2. The van der Waals surface area contributed by atoms with E-state index in [-0.39, 0.29) is 11.9 Å². The Morgan fingerprint density at radius 2 is 1.71 bits per heavy atom. The minimum atomic E-state index is 0.0166. The molecule has 1 aromatic heterocycles. The third-order valence-electron chi connectivity index (χ3n) is 3.66. The van der Waals surface area contributed by atoms with Gasteiger partial charge in [0.15, 0.2) is 0 Å². The van der Waals surface area contributed by atoms with Crippen molar-refractivity contribution in [3.63, 3.8) is 0 Å². The zero-order valence-corrected chi connectivity index (χ0v) is 12.7. The van der Waals surface area contributed by atoms with Gasteiger partial charge in [0.25, 0.3) is 0 Å². The molecule has 0 saturated carbocycles. The molecule has 110 valence electrons. The van der Waals surface area contributed by atoms with E-state index in [9.17, 15) is 4.79 Å². The first-order valence-corrected chi connectivity index (χ1v) is 7.46. The molecule has 1 atom stereocenters. The van der Waals surface area contributed by atoms with Gasteiger partial charge >= 0.3 is 0 Å². The van der Waals surface area contributed by atoms with Crippen molar-refractivity contribution >= 4 is 5.91 Å². The highest BCUT2D eigenvalue weighted by Gasteiger charge is 2.09. The number of benzene rings is 1. The zero-order valence-electron chi connectivity index (χ0n) is 12.7. The molecule has 0 fully saturated rings. The first kappa shape index (κ1) is 15.2. The molecular formula is C18H22N2O. The third kappa shape index (κ3) is 4.71. The molecule has 0 aliphatic heterocycles. The van der Waals surface area contributed by atoms with Gasteiger partial charge in [0.05, 0.1) is 6.04 Å². The smallest absolute Gasteiger partial charge is 0.220 e.